The third kappa shape index (κ3) is 4.17. The lowest BCUT2D eigenvalue weighted by Gasteiger charge is -2.26. The van der Waals surface area contributed by atoms with E-state index in [2.05, 4.69) is 30.2 Å². The molecule has 0 saturated carbocycles. The van der Waals surface area contributed by atoms with Crippen LogP contribution in [0.2, 0.25) is 0 Å². The Morgan fingerprint density at radius 3 is 2.80 bits per heavy atom. The second kappa shape index (κ2) is 7.82. The van der Waals surface area contributed by atoms with Crippen molar-refractivity contribution in [2.45, 2.75) is 25.8 Å². The molecule has 2 aromatic heterocycles. The zero-order chi connectivity index (χ0) is 17.6. The van der Waals surface area contributed by atoms with E-state index in [0.717, 1.165) is 32.1 Å². The van der Waals surface area contributed by atoms with E-state index in [4.69, 9.17) is 4.74 Å². The molecule has 0 aliphatic carbocycles. The maximum absolute atomic E-state index is 13.6. The van der Waals surface area contributed by atoms with Crippen molar-refractivity contribution in [3.63, 3.8) is 0 Å². The maximum atomic E-state index is 13.6. The second-order valence-corrected chi connectivity index (χ2v) is 5.62. The minimum absolute atomic E-state index is 0.0420. The summed E-state index contributed by atoms with van der Waals surface area (Å²) in [7, 11) is 1.48. The Labute approximate surface area is 144 Å². The summed E-state index contributed by atoms with van der Waals surface area (Å²) in [4.78, 5) is 30.6. The number of halogens is 1. The SMILES string of the molecule is COc1nc(CNC(=O)c2ccncc2F)nc(N2CCCCC2)n1. The third-order valence-electron chi connectivity index (χ3n) is 3.90. The summed E-state index contributed by atoms with van der Waals surface area (Å²) < 4.78 is 18.7. The van der Waals surface area contributed by atoms with Crippen LogP contribution in [0.5, 0.6) is 6.01 Å². The largest absolute Gasteiger partial charge is 0.467 e. The maximum Gasteiger partial charge on any atom is 0.321 e. The molecule has 0 radical (unpaired) electrons. The fourth-order valence-corrected chi connectivity index (χ4v) is 2.61. The molecule has 0 aromatic carbocycles. The molecule has 0 spiro atoms. The predicted molar refractivity (Wildman–Crippen MR) is 87.8 cm³/mol. The molecule has 25 heavy (non-hydrogen) atoms. The number of rotatable bonds is 5. The number of ether oxygens (including phenoxy) is 1. The Hall–Kier alpha value is -2.84. The highest BCUT2D eigenvalue weighted by molar-refractivity contribution is 5.94. The lowest BCUT2D eigenvalue weighted by molar-refractivity contribution is 0.0945. The van der Waals surface area contributed by atoms with E-state index < -0.39 is 11.7 Å². The van der Waals surface area contributed by atoms with Crippen LogP contribution in [0.4, 0.5) is 10.3 Å². The fourth-order valence-electron chi connectivity index (χ4n) is 2.61. The van der Waals surface area contributed by atoms with E-state index in [-0.39, 0.29) is 18.1 Å². The van der Waals surface area contributed by atoms with Crippen LogP contribution < -0.4 is 15.0 Å². The van der Waals surface area contributed by atoms with E-state index in [1.807, 2.05) is 0 Å². The van der Waals surface area contributed by atoms with E-state index in [1.54, 1.807) is 0 Å². The van der Waals surface area contributed by atoms with E-state index in [9.17, 15) is 9.18 Å². The number of aromatic nitrogens is 4. The molecule has 1 saturated heterocycles. The number of nitrogens with one attached hydrogen (secondary N) is 1. The summed E-state index contributed by atoms with van der Waals surface area (Å²) in [6.07, 6.45) is 5.72. The number of hydrogen-bond acceptors (Lipinski definition) is 7. The second-order valence-electron chi connectivity index (χ2n) is 5.62. The quantitative estimate of drug-likeness (QED) is 0.873. The molecule has 2 aromatic rings. The fraction of sp³-hybridized carbons (Fsp3) is 0.438. The number of carbonyl (C=O) groups excluding carboxylic acids is 1. The molecule has 1 aliphatic heterocycles. The summed E-state index contributed by atoms with van der Waals surface area (Å²) in [6.45, 7) is 1.79. The summed E-state index contributed by atoms with van der Waals surface area (Å²) in [6, 6.07) is 1.51. The van der Waals surface area contributed by atoms with Gasteiger partial charge in [0, 0.05) is 19.3 Å². The van der Waals surface area contributed by atoms with Crippen LogP contribution in [-0.2, 0) is 6.54 Å². The van der Waals surface area contributed by atoms with Gasteiger partial charge in [-0.25, -0.2) is 4.39 Å². The number of nitrogens with zero attached hydrogens (tertiary/aromatic N) is 5. The van der Waals surface area contributed by atoms with Gasteiger partial charge in [0.25, 0.3) is 5.91 Å². The molecule has 0 bridgehead atoms. The number of carbonyl (C=O) groups is 1. The Balaban J connectivity index is 1.73. The summed E-state index contributed by atoms with van der Waals surface area (Å²) in [5, 5.41) is 2.60. The molecule has 3 heterocycles. The number of pyridine rings is 1. The minimum atomic E-state index is -0.678. The molecule has 8 nitrogen and oxygen atoms in total. The highest BCUT2D eigenvalue weighted by Gasteiger charge is 2.17. The average Bonchev–Trinajstić information content (AvgIpc) is 2.67. The van der Waals surface area contributed by atoms with Crippen molar-refractivity contribution in [3.8, 4) is 6.01 Å². The van der Waals surface area contributed by atoms with Crippen molar-refractivity contribution < 1.29 is 13.9 Å². The van der Waals surface area contributed by atoms with Crippen LogP contribution in [-0.4, -0.2) is 46.0 Å². The van der Waals surface area contributed by atoms with Gasteiger partial charge in [-0.15, -0.1) is 0 Å². The van der Waals surface area contributed by atoms with Crippen molar-refractivity contribution >= 4 is 11.9 Å². The van der Waals surface area contributed by atoms with Crippen LogP contribution in [0, 0.1) is 5.82 Å². The third-order valence-corrected chi connectivity index (χ3v) is 3.90. The van der Waals surface area contributed by atoms with Crippen LogP contribution in [0.3, 0.4) is 0 Å². The predicted octanol–water partition coefficient (Wildman–Crippen LogP) is 1.33. The molecule has 1 fully saturated rings. The lowest BCUT2D eigenvalue weighted by atomic mass is 10.1. The van der Waals surface area contributed by atoms with Gasteiger partial charge < -0.3 is 15.0 Å². The number of piperidine rings is 1. The highest BCUT2D eigenvalue weighted by Crippen LogP contribution is 2.17. The molecule has 0 unspecified atom stereocenters. The Kier molecular flexibility index (Phi) is 5.32. The molecule has 132 valence electrons. The van der Waals surface area contributed by atoms with Crippen LogP contribution in [0.1, 0.15) is 35.4 Å². The van der Waals surface area contributed by atoms with Crippen LogP contribution in [0.15, 0.2) is 18.5 Å². The zero-order valence-electron chi connectivity index (χ0n) is 13.9. The highest BCUT2D eigenvalue weighted by atomic mass is 19.1. The lowest BCUT2D eigenvalue weighted by Crippen LogP contribution is -2.32. The molecule has 1 N–H and O–H groups in total. The van der Waals surface area contributed by atoms with Crippen molar-refractivity contribution in [3.05, 3.63) is 35.7 Å². The van der Waals surface area contributed by atoms with Crippen LogP contribution in [0.25, 0.3) is 0 Å². The van der Waals surface area contributed by atoms with Gasteiger partial charge in [-0.05, 0) is 25.3 Å². The van der Waals surface area contributed by atoms with Crippen LogP contribution >= 0.6 is 0 Å². The first-order chi connectivity index (χ1) is 12.2. The molecule has 9 heteroatoms. The first-order valence-corrected chi connectivity index (χ1v) is 8.09. The van der Waals surface area contributed by atoms with Crippen molar-refractivity contribution in [2.24, 2.45) is 0 Å². The van der Waals surface area contributed by atoms with Gasteiger partial charge in [0.05, 0.1) is 25.4 Å². The number of methoxy groups -OCH3 is 1. The summed E-state index contributed by atoms with van der Waals surface area (Å²) in [5.74, 6) is -0.345. The van der Waals surface area contributed by atoms with Gasteiger partial charge in [0.2, 0.25) is 5.95 Å². The van der Waals surface area contributed by atoms with Gasteiger partial charge in [0.1, 0.15) is 0 Å². The topological polar surface area (TPSA) is 93.1 Å². The number of anilines is 1. The molecular formula is C16H19FN6O2. The molecule has 1 aliphatic rings. The molecule has 0 atom stereocenters. The van der Waals surface area contributed by atoms with Gasteiger partial charge in [-0.2, -0.15) is 15.0 Å². The number of hydrogen-bond donors (Lipinski definition) is 1. The molecule has 3 rings (SSSR count). The van der Waals surface area contributed by atoms with E-state index >= 15 is 0 Å². The number of amides is 1. The molecule has 1 amide bonds. The normalized spacial score (nSPS) is 14.2. The first-order valence-electron chi connectivity index (χ1n) is 8.09. The first kappa shape index (κ1) is 17.0. The van der Waals surface area contributed by atoms with Gasteiger partial charge >= 0.3 is 6.01 Å². The van der Waals surface area contributed by atoms with Crippen molar-refractivity contribution in [2.75, 3.05) is 25.1 Å². The minimum Gasteiger partial charge on any atom is -0.467 e. The van der Waals surface area contributed by atoms with Crippen molar-refractivity contribution in [1.29, 1.82) is 0 Å². The summed E-state index contributed by atoms with van der Waals surface area (Å²) in [5.41, 5.74) is -0.0766. The zero-order valence-corrected chi connectivity index (χ0v) is 13.9. The van der Waals surface area contributed by atoms with Gasteiger partial charge in [0.15, 0.2) is 11.6 Å². The van der Waals surface area contributed by atoms with E-state index in [0.29, 0.717) is 11.8 Å². The van der Waals surface area contributed by atoms with E-state index in [1.165, 1.54) is 25.8 Å². The monoisotopic (exact) mass is 346 g/mol. The average molecular weight is 346 g/mol. The smallest absolute Gasteiger partial charge is 0.321 e. The van der Waals surface area contributed by atoms with Gasteiger partial charge in [-0.3, -0.25) is 9.78 Å². The standard InChI is InChI=1S/C16H19FN6O2/c1-25-16-21-13(20-15(22-16)23-7-3-2-4-8-23)10-19-14(24)11-5-6-18-9-12(11)17/h5-6,9H,2-4,7-8,10H2,1H3,(H,19,24). The molecular weight excluding hydrogens is 327 g/mol. The van der Waals surface area contributed by atoms with Crippen molar-refractivity contribution in [1.82, 2.24) is 25.3 Å². The Bertz CT molecular complexity index is 751. The van der Waals surface area contributed by atoms with Gasteiger partial charge in [-0.1, -0.05) is 0 Å². The Morgan fingerprint density at radius 1 is 1.28 bits per heavy atom. The Morgan fingerprint density at radius 2 is 2.08 bits per heavy atom. The summed E-state index contributed by atoms with van der Waals surface area (Å²) >= 11 is 0.